The lowest BCUT2D eigenvalue weighted by molar-refractivity contribution is -0.133. The molecule has 86 valence electrons. The molecule has 0 spiro atoms. The molecule has 0 unspecified atom stereocenters. The van der Waals surface area contributed by atoms with Gasteiger partial charge in [-0.2, -0.15) is 0 Å². The summed E-state index contributed by atoms with van der Waals surface area (Å²) < 4.78 is 0. The van der Waals surface area contributed by atoms with Crippen LogP contribution in [0.2, 0.25) is 0 Å². The molecular weight excluding hydrogens is 190 g/mol. The number of nitrogens with one attached hydrogen (secondary N) is 1. The molecule has 4 nitrogen and oxygen atoms in total. The fraction of sp³-hybridized carbons (Fsp3) is 0.909. The average molecular weight is 211 g/mol. The Morgan fingerprint density at radius 3 is 2.60 bits per heavy atom. The minimum absolute atomic E-state index is 0.299. The van der Waals surface area contributed by atoms with Gasteiger partial charge in [0.15, 0.2) is 0 Å². The molecule has 0 radical (unpaired) electrons. The highest BCUT2D eigenvalue weighted by Crippen LogP contribution is 2.09. The van der Waals surface area contributed by atoms with Crippen molar-refractivity contribution in [2.75, 3.05) is 39.8 Å². The zero-order chi connectivity index (χ0) is 10.7. The van der Waals surface area contributed by atoms with Gasteiger partial charge in [-0.3, -0.25) is 4.79 Å². The third-order valence-electron chi connectivity index (χ3n) is 3.54. The van der Waals surface area contributed by atoms with Crippen LogP contribution in [0.1, 0.15) is 19.3 Å². The molecule has 0 aromatic carbocycles. The SMILES string of the molecule is CN(C(=O)CCN1CCCC1)C1CNC1. The number of hydrogen-bond acceptors (Lipinski definition) is 3. The fourth-order valence-corrected chi connectivity index (χ4v) is 2.19. The number of rotatable bonds is 4. The van der Waals surface area contributed by atoms with Gasteiger partial charge in [-0.1, -0.05) is 0 Å². The van der Waals surface area contributed by atoms with Gasteiger partial charge in [-0.15, -0.1) is 0 Å². The molecule has 4 heteroatoms. The highest BCUT2D eigenvalue weighted by Gasteiger charge is 2.25. The molecule has 0 bridgehead atoms. The van der Waals surface area contributed by atoms with E-state index in [0.717, 1.165) is 19.6 Å². The van der Waals surface area contributed by atoms with Crippen LogP contribution in [-0.2, 0) is 4.79 Å². The standard InChI is InChI=1S/C11H21N3O/c1-13(10-8-12-9-10)11(15)4-7-14-5-2-3-6-14/h10,12H,2-9H2,1H3. The van der Waals surface area contributed by atoms with E-state index in [2.05, 4.69) is 10.2 Å². The van der Waals surface area contributed by atoms with Gasteiger partial charge >= 0.3 is 0 Å². The van der Waals surface area contributed by atoms with E-state index in [1.807, 2.05) is 11.9 Å². The minimum Gasteiger partial charge on any atom is -0.340 e. The zero-order valence-corrected chi connectivity index (χ0v) is 9.54. The van der Waals surface area contributed by atoms with Gasteiger partial charge in [0, 0.05) is 33.1 Å². The summed E-state index contributed by atoms with van der Waals surface area (Å²) in [5, 5.41) is 3.19. The van der Waals surface area contributed by atoms with Crippen molar-refractivity contribution in [3.8, 4) is 0 Å². The second kappa shape index (κ2) is 4.94. The van der Waals surface area contributed by atoms with Crippen LogP contribution in [0.3, 0.4) is 0 Å². The molecule has 1 N–H and O–H groups in total. The van der Waals surface area contributed by atoms with Crippen LogP contribution >= 0.6 is 0 Å². The van der Waals surface area contributed by atoms with Crippen LogP contribution in [0, 0.1) is 0 Å². The number of amides is 1. The number of nitrogens with zero attached hydrogens (tertiary/aromatic N) is 2. The molecule has 2 heterocycles. The number of likely N-dealkylation sites (N-methyl/N-ethyl adjacent to an activating group) is 1. The van der Waals surface area contributed by atoms with Gasteiger partial charge in [0.2, 0.25) is 5.91 Å². The highest BCUT2D eigenvalue weighted by atomic mass is 16.2. The summed E-state index contributed by atoms with van der Waals surface area (Å²) in [7, 11) is 1.93. The monoisotopic (exact) mass is 211 g/mol. The predicted octanol–water partition coefficient (Wildman–Crippen LogP) is -0.0975. The molecule has 0 atom stereocenters. The van der Waals surface area contributed by atoms with Gasteiger partial charge in [0.1, 0.15) is 0 Å². The van der Waals surface area contributed by atoms with Gasteiger partial charge in [-0.25, -0.2) is 0 Å². The van der Waals surface area contributed by atoms with Crippen molar-refractivity contribution in [3.05, 3.63) is 0 Å². The molecular formula is C11H21N3O. The molecule has 1 amide bonds. The Morgan fingerprint density at radius 1 is 1.40 bits per heavy atom. The molecule has 0 aromatic rings. The van der Waals surface area contributed by atoms with E-state index in [1.165, 1.54) is 25.9 Å². The summed E-state index contributed by atoms with van der Waals surface area (Å²) in [6.07, 6.45) is 3.29. The van der Waals surface area contributed by atoms with Crippen molar-refractivity contribution in [2.45, 2.75) is 25.3 Å². The van der Waals surface area contributed by atoms with E-state index in [1.54, 1.807) is 0 Å². The largest absolute Gasteiger partial charge is 0.340 e. The van der Waals surface area contributed by atoms with Gasteiger partial charge in [-0.05, 0) is 25.9 Å². The van der Waals surface area contributed by atoms with E-state index in [-0.39, 0.29) is 0 Å². The first kappa shape index (κ1) is 10.9. The molecule has 2 aliphatic rings. The van der Waals surface area contributed by atoms with E-state index in [4.69, 9.17) is 0 Å². The Labute approximate surface area is 91.6 Å². The van der Waals surface area contributed by atoms with Crippen LogP contribution in [0.5, 0.6) is 0 Å². The Balaban J connectivity index is 1.66. The van der Waals surface area contributed by atoms with Crippen LogP contribution in [0.4, 0.5) is 0 Å². The lowest BCUT2D eigenvalue weighted by Crippen LogP contribution is -2.57. The van der Waals surface area contributed by atoms with Crippen LogP contribution < -0.4 is 5.32 Å². The van der Waals surface area contributed by atoms with E-state index < -0.39 is 0 Å². The normalized spacial score (nSPS) is 22.7. The summed E-state index contributed by atoms with van der Waals surface area (Å²) in [5.41, 5.74) is 0. The molecule has 2 rings (SSSR count). The third-order valence-corrected chi connectivity index (χ3v) is 3.54. The first-order chi connectivity index (χ1) is 7.27. The maximum Gasteiger partial charge on any atom is 0.223 e. The topological polar surface area (TPSA) is 35.6 Å². The number of likely N-dealkylation sites (tertiary alicyclic amines) is 1. The van der Waals surface area contributed by atoms with Crippen molar-refractivity contribution in [1.29, 1.82) is 0 Å². The van der Waals surface area contributed by atoms with Crippen LogP contribution in [0.15, 0.2) is 0 Å². The maximum absolute atomic E-state index is 11.8. The molecule has 2 saturated heterocycles. The summed E-state index contributed by atoms with van der Waals surface area (Å²) in [6.45, 7) is 5.24. The Kier molecular flexibility index (Phi) is 3.59. The van der Waals surface area contributed by atoms with E-state index in [9.17, 15) is 4.79 Å². The van der Waals surface area contributed by atoms with E-state index in [0.29, 0.717) is 18.4 Å². The molecule has 2 fully saturated rings. The minimum atomic E-state index is 0.299. The smallest absolute Gasteiger partial charge is 0.223 e. The zero-order valence-electron chi connectivity index (χ0n) is 9.54. The summed E-state index contributed by atoms with van der Waals surface area (Å²) in [4.78, 5) is 16.1. The first-order valence-corrected chi connectivity index (χ1v) is 5.96. The van der Waals surface area contributed by atoms with Crippen molar-refractivity contribution < 1.29 is 4.79 Å². The predicted molar refractivity (Wildman–Crippen MR) is 59.7 cm³/mol. The summed E-state index contributed by atoms with van der Waals surface area (Å²) in [5.74, 6) is 0.299. The summed E-state index contributed by atoms with van der Waals surface area (Å²) in [6, 6.07) is 0.441. The summed E-state index contributed by atoms with van der Waals surface area (Å²) >= 11 is 0. The van der Waals surface area contributed by atoms with Crippen LogP contribution in [-0.4, -0.2) is 61.5 Å². The lowest BCUT2D eigenvalue weighted by Gasteiger charge is -2.35. The third kappa shape index (κ3) is 2.69. The second-order valence-corrected chi connectivity index (χ2v) is 4.62. The fourth-order valence-electron chi connectivity index (χ4n) is 2.19. The van der Waals surface area contributed by atoms with Gasteiger partial charge < -0.3 is 15.1 Å². The quantitative estimate of drug-likeness (QED) is 0.705. The Bertz CT molecular complexity index is 222. The number of carbonyl (C=O) groups excluding carboxylic acids is 1. The molecule has 0 aliphatic carbocycles. The van der Waals surface area contributed by atoms with E-state index >= 15 is 0 Å². The average Bonchev–Trinajstić information content (AvgIpc) is 2.63. The second-order valence-electron chi connectivity index (χ2n) is 4.62. The molecule has 2 aliphatic heterocycles. The molecule has 0 aromatic heterocycles. The molecule has 0 saturated carbocycles. The van der Waals surface area contributed by atoms with Crippen molar-refractivity contribution >= 4 is 5.91 Å². The Morgan fingerprint density at radius 2 is 2.07 bits per heavy atom. The van der Waals surface area contributed by atoms with Crippen LogP contribution in [0.25, 0.3) is 0 Å². The highest BCUT2D eigenvalue weighted by molar-refractivity contribution is 5.76. The van der Waals surface area contributed by atoms with Gasteiger partial charge in [0.05, 0.1) is 6.04 Å². The molecule has 15 heavy (non-hydrogen) atoms. The van der Waals surface area contributed by atoms with Gasteiger partial charge in [0.25, 0.3) is 0 Å². The lowest BCUT2D eigenvalue weighted by atomic mass is 10.1. The number of carbonyl (C=O) groups is 1. The Hall–Kier alpha value is -0.610. The van der Waals surface area contributed by atoms with Crippen molar-refractivity contribution in [1.82, 2.24) is 15.1 Å². The van der Waals surface area contributed by atoms with Crippen molar-refractivity contribution in [3.63, 3.8) is 0 Å². The maximum atomic E-state index is 11.8. The van der Waals surface area contributed by atoms with Crippen molar-refractivity contribution in [2.24, 2.45) is 0 Å². The number of hydrogen-bond donors (Lipinski definition) is 1. The first-order valence-electron chi connectivity index (χ1n) is 5.96.